The van der Waals surface area contributed by atoms with E-state index in [2.05, 4.69) is 5.32 Å². The first-order valence-electron chi connectivity index (χ1n) is 8.12. The Bertz CT molecular complexity index is 942. The smallest absolute Gasteiger partial charge is 0.253 e. The number of carbonyl (C=O) groups is 1. The average molecular weight is 395 g/mol. The van der Waals surface area contributed by atoms with Gasteiger partial charge in [-0.2, -0.15) is 0 Å². The second-order valence-corrected chi connectivity index (χ2v) is 8.87. The van der Waals surface area contributed by atoms with Gasteiger partial charge in [0.1, 0.15) is 0 Å². The van der Waals surface area contributed by atoms with Crippen LogP contribution in [0.1, 0.15) is 40.0 Å². The normalized spacial score (nSPS) is 12.5. The van der Waals surface area contributed by atoms with Crippen LogP contribution in [-0.2, 0) is 10.0 Å². The number of anilines is 1. The monoisotopic (exact) mass is 394 g/mol. The van der Waals surface area contributed by atoms with Gasteiger partial charge in [0.2, 0.25) is 10.0 Å². The molecule has 0 heterocycles. The van der Waals surface area contributed by atoms with Crippen molar-refractivity contribution in [2.75, 3.05) is 17.6 Å². The van der Waals surface area contributed by atoms with Gasteiger partial charge in [0.25, 0.3) is 5.91 Å². The topological polar surface area (TPSA) is 66.5 Å². The van der Waals surface area contributed by atoms with Gasteiger partial charge in [-0.15, -0.1) is 0 Å². The number of halogens is 1. The van der Waals surface area contributed by atoms with Gasteiger partial charge >= 0.3 is 0 Å². The van der Waals surface area contributed by atoms with E-state index < -0.39 is 10.0 Å². The average Bonchev–Trinajstić information content (AvgIpc) is 2.55. The SMILES string of the molecule is Cc1ccc(C)c([C@@H](C)NC(=O)c2ccc(N(C)S(C)(=O)=O)cc2Cl)c1. The fourth-order valence-electron chi connectivity index (χ4n) is 2.65. The van der Waals surface area contributed by atoms with E-state index in [1.807, 2.05) is 39.0 Å². The molecule has 140 valence electrons. The summed E-state index contributed by atoms with van der Waals surface area (Å²) in [6.45, 7) is 5.92. The van der Waals surface area contributed by atoms with Gasteiger partial charge in [-0.05, 0) is 50.1 Å². The molecular formula is C19H23ClN2O3S. The Labute approximate surface area is 160 Å². The lowest BCUT2D eigenvalue weighted by molar-refractivity contribution is 0.0940. The molecule has 0 bridgehead atoms. The minimum Gasteiger partial charge on any atom is -0.345 e. The molecule has 0 aliphatic heterocycles. The molecule has 0 unspecified atom stereocenters. The number of carbonyl (C=O) groups excluding carboxylic acids is 1. The van der Waals surface area contributed by atoms with Crippen LogP contribution in [-0.4, -0.2) is 27.6 Å². The van der Waals surface area contributed by atoms with Gasteiger partial charge in [-0.25, -0.2) is 8.42 Å². The van der Waals surface area contributed by atoms with Crippen molar-refractivity contribution in [3.8, 4) is 0 Å². The summed E-state index contributed by atoms with van der Waals surface area (Å²) >= 11 is 6.22. The van der Waals surface area contributed by atoms with Crippen LogP contribution in [0, 0.1) is 13.8 Å². The van der Waals surface area contributed by atoms with Crippen molar-refractivity contribution in [3.05, 3.63) is 63.7 Å². The molecule has 1 amide bonds. The number of amides is 1. The third kappa shape index (κ3) is 4.56. The lowest BCUT2D eigenvalue weighted by Crippen LogP contribution is -2.28. The van der Waals surface area contributed by atoms with E-state index >= 15 is 0 Å². The van der Waals surface area contributed by atoms with Crippen LogP contribution in [0.25, 0.3) is 0 Å². The van der Waals surface area contributed by atoms with Crippen LogP contribution in [0.3, 0.4) is 0 Å². The summed E-state index contributed by atoms with van der Waals surface area (Å²) in [5.74, 6) is -0.308. The second-order valence-electron chi connectivity index (χ2n) is 6.45. The van der Waals surface area contributed by atoms with Crippen LogP contribution < -0.4 is 9.62 Å². The number of hydrogen-bond acceptors (Lipinski definition) is 3. The molecular weight excluding hydrogens is 372 g/mol. The summed E-state index contributed by atoms with van der Waals surface area (Å²) in [5.41, 5.74) is 3.96. The summed E-state index contributed by atoms with van der Waals surface area (Å²) in [6.07, 6.45) is 1.10. The maximum absolute atomic E-state index is 12.6. The third-order valence-corrected chi connectivity index (χ3v) is 5.83. The minimum absolute atomic E-state index is 0.183. The van der Waals surface area contributed by atoms with E-state index in [1.54, 1.807) is 6.07 Å². The quantitative estimate of drug-likeness (QED) is 0.837. The van der Waals surface area contributed by atoms with E-state index in [0.717, 1.165) is 27.3 Å². The van der Waals surface area contributed by atoms with Crippen molar-refractivity contribution < 1.29 is 13.2 Å². The molecule has 0 saturated heterocycles. The van der Waals surface area contributed by atoms with Crippen LogP contribution in [0.5, 0.6) is 0 Å². The predicted molar refractivity (Wildman–Crippen MR) is 106 cm³/mol. The molecule has 1 atom stereocenters. The van der Waals surface area contributed by atoms with Crippen molar-refractivity contribution in [1.82, 2.24) is 5.32 Å². The number of sulfonamides is 1. The van der Waals surface area contributed by atoms with E-state index in [-0.39, 0.29) is 17.0 Å². The molecule has 0 spiro atoms. The van der Waals surface area contributed by atoms with Crippen molar-refractivity contribution >= 4 is 33.2 Å². The van der Waals surface area contributed by atoms with E-state index in [0.29, 0.717) is 11.3 Å². The first kappa shape index (κ1) is 20.3. The molecule has 5 nitrogen and oxygen atoms in total. The van der Waals surface area contributed by atoms with Gasteiger partial charge in [0.15, 0.2) is 0 Å². The summed E-state index contributed by atoms with van der Waals surface area (Å²) in [5, 5.41) is 3.14. The third-order valence-electron chi connectivity index (χ3n) is 4.31. The zero-order chi connectivity index (χ0) is 19.6. The lowest BCUT2D eigenvalue weighted by atomic mass is 9.99. The molecule has 0 aliphatic carbocycles. The van der Waals surface area contributed by atoms with Crippen LogP contribution in [0.2, 0.25) is 5.02 Å². The van der Waals surface area contributed by atoms with E-state index in [4.69, 9.17) is 11.6 Å². The number of aryl methyl sites for hydroxylation is 2. The zero-order valence-corrected chi connectivity index (χ0v) is 17.1. The van der Waals surface area contributed by atoms with Crippen LogP contribution >= 0.6 is 11.6 Å². The Balaban J connectivity index is 2.23. The molecule has 26 heavy (non-hydrogen) atoms. The molecule has 2 rings (SSSR count). The van der Waals surface area contributed by atoms with Gasteiger partial charge in [0.05, 0.1) is 28.6 Å². The molecule has 0 radical (unpaired) electrons. The first-order valence-corrected chi connectivity index (χ1v) is 10.3. The molecule has 0 aromatic heterocycles. The van der Waals surface area contributed by atoms with Gasteiger partial charge in [-0.3, -0.25) is 9.10 Å². The molecule has 2 aromatic carbocycles. The number of nitrogens with one attached hydrogen (secondary N) is 1. The van der Waals surface area contributed by atoms with E-state index in [1.165, 1.54) is 19.2 Å². The van der Waals surface area contributed by atoms with Crippen LogP contribution in [0.15, 0.2) is 36.4 Å². The molecule has 0 saturated carbocycles. The second kappa shape index (κ2) is 7.68. The standard InChI is InChI=1S/C19H23ClN2O3S/c1-12-6-7-13(2)17(10-12)14(3)21-19(23)16-9-8-15(11-18(16)20)22(4)26(5,24)25/h6-11,14H,1-5H3,(H,21,23)/t14-/m1/s1. The highest BCUT2D eigenvalue weighted by Crippen LogP contribution is 2.26. The van der Waals surface area contributed by atoms with Crippen LogP contribution in [0.4, 0.5) is 5.69 Å². The number of hydrogen-bond donors (Lipinski definition) is 1. The lowest BCUT2D eigenvalue weighted by Gasteiger charge is -2.19. The van der Waals surface area contributed by atoms with Crippen molar-refractivity contribution in [2.24, 2.45) is 0 Å². The summed E-state index contributed by atoms with van der Waals surface area (Å²) in [7, 11) is -1.96. The largest absolute Gasteiger partial charge is 0.345 e. The number of benzene rings is 2. The Morgan fingerprint density at radius 1 is 1.15 bits per heavy atom. The maximum atomic E-state index is 12.6. The van der Waals surface area contributed by atoms with Crippen molar-refractivity contribution in [2.45, 2.75) is 26.8 Å². The predicted octanol–water partition coefficient (Wildman–Crippen LogP) is 3.84. The highest BCUT2D eigenvalue weighted by atomic mass is 35.5. The highest BCUT2D eigenvalue weighted by molar-refractivity contribution is 7.92. The summed E-state index contributed by atoms with van der Waals surface area (Å²) in [6, 6.07) is 10.5. The Morgan fingerprint density at radius 2 is 1.81 bits per heavy atom. The fourth-order valence-corrected chi connectivity index (χ4v) is 3.41. The summed E-state index contributed by atoms with van der Waals surface area (Å²) < 4.78 is 24.4. The minimum atomic E-state index is -3.40. The number of nitrogens with zero attached hydrogens (tertiary/aromatic N) is 1. The van der Waals surface area contributed by atoms with Gasteiger partial charge < -0.3 is 5.32 Å². The Kier molecular flexibility index (Phi) is 5.98. The molecule has 0 aliphatic rings. The molecule has 0 fully saturated rings. The zero-order valence-electron chi connectivity index (χ0n) is 15.5. The van der Waals surface area contributed by atoms with Gasteiger partial charge in [-0.1, -0.05) is 35.4 Å². The van der Waals surface area contributed by atoms with Crippen molar-refractivity contribution in [1.29, 1.82) is 0 Å². The maximum Gasteiger partial charge on any atom is 0.253 e. The van der Waals surface area contributed by atoms with Gasteiger partial charge in [0, 0.05) is 7.05 Å². The molecule has 1 N–H and O–H groups in total. The Hall–Kier alpha value is -2.05. The highest BCUT2D eigenvalue weighted by Gasteiger charge is 2.18. The summed E-state index contributed by atoms with van der Waals surface area (Å²) in [4.78, 5) is 12.6. The molecule has 2 aromatic rings. The van der Waals surface area contributed by atoms with Crippen molar-refractivity contribution in [3.63, 3.8) is 0 Å². The Morgan fingerprint density at radius 3 is 2.38 bits per heavy atom. The van der Waals surface area contributed by atoms with E-state index in [9.17, 15) is 13.2 Å². The fraction of sp³-hybridized carbons (Fsp3) is 0.316. The first-order chi connectivity index (χ1) is 12.0. The molecule has 7 heteroatoms. The number of rotatable bonds is 5.